The third kappa shape index (κ3) is 6.17. The molecule has 1 fully saturated rings. The van der Waals surface area contributed by atoms with Gasteiger partial charge in [-0.05, 0) is 46.1 Å². The first-order chi connectivity index (χ1) is 10.8. The quantitative estimate of drug-likeness (QED) is 0.833. The Balaban J connectivity index is 1.68. The average molecular weight is 323 g/mol. The summed E-state index contributed by atoms with van der Waals surface area (Å²) in [6.45, 7) is 9.03. The molecule has 1 atom stereocenters. The minimum absolute atomic E-state index is 0.195. The summed E-state index contributed by atoms with van der Waals surface area (Å²) in [5, 5.41) is 7.71. The van der Waals surface area contributed by atoms with Crippen molar-refractivity contribution in [1.29, 1.82) is 0 Å². The second kappa shape index (κ2) is 7.77. The number of piperidine rings is 1. The van der Waals surface area contributed by atoms with Gasteiger partial charge in [-0.15, -0.1) is 0 Å². The van der Waals surface area contributed by atoms with E-state index < -0.39 is 5.60 Å². The monoisotopic (exact) mass is 323 g/mol. The van der Waals surface area contributed by atoms with Crippen LogP contribution in [0.1, 0.15) is 39.4 Å². The Hall–Kier alpha value is -1.63. The van der Waals surface area contributed by atoms with Crippen molar-refractivity contribution in [2.75, 3.05) is 26.2 Å². The number of likely N-dealkylation sites (tertiary alicyclic amines) is 1. The van der Waals surface area contributed by atoms with E-state index >= 15 is 0 Å². The number of aryl methyl sites for hydroxylation is 1. The van der Waals surface area contributed by atoms with Crippen LogP contribution in [-0.4, -0.2) is 57.5 Å². The Bertz CT molecular complexity index is 509. The average Bonchev–Trinajstić information content (AvgIpc) is 2.88. The number of amides is 1. The summed E-state index contributed by atoms with van der Waals surface area (Å²) >= 11 is 0. The second-order valence-electron chi connectivity index (χ2n) is 7.22. The Morgan fingerprint density at radius 3 is 2.91 bits per heavy atom. The van der Waals surface area contributed by atoms with Crippen molar-refractivity contribution in [1.82, 2.24) is 25.0 Å². The molecule has 0 bridgehead atoms. The number of nitrogens with one attached hydrogen (secondary N) is 1. The van der Waals surface area contributed by atoms with Crippen LogP contribution in [0.2, 0.25) is 0 Å². The maximum Gasteiger partial charge on any atom is 0.410 e. The molecule has 1 unspecified atom stereocenters. The molecule has 7 heteroatoms. The minimum atomic E-state index is -0.433. The van der Waals surface area contributed by atoms with Gasteiger partial charge in [-0.2, -0.15) is 5.10 Å². The predicted octanol–water partition coefficient (Wildman–Crippen LogP) is 1.59. The zero-order chi connectivity index (χ0) is 16.9. The van der Waals surface area contributed by atoms with E-state index in [1.54, 1.807) is 11.0 Å². The van der Waals surface area contributed by atoms with Gasteiger partial charge in [-0.3, -0.25) is 4.68 Å². The largest absolute Gasteiger partial charge is 0.444 e. The van der Waals surface area contributed by atoms with E-state index in [0.717, 1.165) is 51.3 Å². The minimum Gasteiger partial charge on any atom is -0.444 e. The van der Waals surface area contributed by atoms with E-state index in [2.05, 4.69) is 15.4 Å². The molecular weight excluding hydrogens is 294 g/mol. The van der Waals surface area contributed by atoms with E-state index in [4.69, 9.17) is 4.74 Å². The fourth-order valence-corrected chi connectivity index (χ4v) is 2.73. The van der Waals surface area contributed by atoms with E-state index in [-0.39, 0.29) is 6.09 Å². The Kier molecular flexibility index (Phi) is 5.98. The van der Waals surface area contributed by atoms with Crippen LogP contribution >= 0.6 is 0 Å². The molecule has 1 saturated heterocycles. The molecule has 0 saturated carbocycles. The van der Waals surface area contributed by atoms with Crippen LogP contribution in [-0.2, 0) is 18.2 Å². The molecule has 2 rings (SSSR count). The fourth-order valence-electron chi connectivity index (χ4n) is 2.73. The van der Waals surface area contributed by atoms with Crippen LogP contribution < -0.4 is 5.32 Å². The molecule has 1 N–H and O–H groups in total. The van der Waals surface area contributed by atoms with Gasteiger partial charge in [0.1, 0.15) is 11.9 Å². The van der Waals surface area contributed by atoms with Crippen LogP contribution in [0.15, 0.2) is 6.33 Å². The number of aromatic nitrogens is 3. The third-order valence-electron chi connectivity index (χ3n) is 3.78. The normalized spacial score (nSPS) is 19.0. The molecule has 23 heavy (non-hydrogen) atoms. The number of carbonyl (C=O) groups is 1. The number of ether oxygens (including phenoxy) is 1. The zero-order valence-electron chi connectivity index (χ0n) is 14.7. The van der Waals surface area contributed by atoms with Crippen molar-refractivity contribution in [2.24, 2.45) is 13.0 Å². The number of nitrogens with zero attached hydrogens (tertiary/aromatic N) is 4. The van der Waals surface area contributed by atoms with Crippen LogP contribution in [0.4, 0.5) is 4.79 Å². The summed E-state index contributed by atoms with van der Waals surface area (Å²) in [5.74, 6) is 1.34. The fraction of sp³-hybridized carbons (Fsp3) is 0.812. The van der Waals surface area contributed by atoms with E-state index in [1.165, 1.54) is 0 Å². The first kappa shape index (κ1) is 17.7. The molecule has 1 amide bonds. The smallest absolute Gasteiger partial charge is 0.410 e. The van der Waals surface area contributed by atoms with Gasteiger partial charge in [-0.1, -0.05) is 0 Å². The first-order valence-electron chi connectivity index (χ1n) is 8.36. The summed E-state index contributed by atoms with van der Waals surface area (Å²) in [6.07, 6.45) is 4.53. The lowest BCUT2D eigenvalue weighted by molar-refractivity contribution is 0.0166. The highest BCUT2D eigenvalue weighted by molar-refractivity contribution is 5.68. The molecule has 2 heterocycles. The summed E-state index contributed by atoms with van der Waals surface area (Å²) < 4.78 is 7.18. The molecule has 0 radical (unpaired) electrons. The highest BCUT2D eigenvalue weighted by atomic mass is 16.6. The highest BCUT2D eigenvalue weighted by Crippen LogP contribution is 2.18. The molecule has 1 aromatic rings. The molecule has 0 aromatic carbocycles. The predicted molar refractivity (Wildman–Crippen MR) is 88.1 cm³/mol. The van der Waals surface area contributed by atoms with E-state index in [1.807, 2.05) is 32.7 Å². The van der Waals surface area contributed by atoms with Crippen molar-refractivity contribution in [3.63, 3.8) is 0 Å². The van der Waals surface area contributed by atoms with Crippen molar-refractivity contribution in [3.05, 3.63) is 12.2 Å². The van der Waals surface area contributed by atoms with Gasteiger partial charge in [-0.25, -0.2) is 9.78 Å². The number of hydrogen-bond donors (Lipinski definition) is 1. The van der Waals surface area contributed by atoms with Gasteiger partial charge in [0, 0.05) is 33.1 Å². The molecule has 0 aliphatic carbocycles. The summed E-state index contributed by atoms with van der Waals surface area (Å²) in [5.41, 5.74) is -0.433. The van der Waals surface area contributed by atoms with Crippen molar-refractivity contribution in [3.8, 4) is 0 Å². The molecule has 7 nitrogen and oxygen atoms in total. The number of carbonyl (C=O) groups excluding carboxylic acids is 1. The maximum absolute atomic E-state index is 12.1. The first-order valence-corrected chi connectivity index (χ1v) is 8.36. The Labute approximate surface area is 138 Å². The SMILES string of the molecule is Cn1cnc(CCNCC2CCCN(C(=O)OC(C)(C)C)C2)n1. The standard InChI is InChI=1S/C16H29N5O2/c1-16(2,3)23-15(22)21-9-5-6-13(11-21)10-17-8-7-14-18-12-20(4)19-14/h12-13,17H,5-11H2,1-4H3. The van der Waals surface area contributed by atoms with Crippen LogP contribution in [0, 0.1) is 5.92 Å². The van der Waals surface area contributed by atoms with Gasteiger partial charge >= 0.3 is 6.09 Å². The lowest BCUT2D eigenvalue weighted by Crippen LogP contribution is -2.45. The number of rotatable bonds is 5. The molecule has 1 aliphatic heterocycles. The summed E-state index contributed by atoms with van der Waals surface area (Å²) in [4.78, 5) is 18.2. The van der Waals surface area contributed by atoms with Crippen molar-refractivity contribution >= 4 is 6.09 Å². The lowest BCUT2D eigenvalue weighted by atomic mass is 9.98. The van der Waals surface area contributed by atoms with E-state index in [9.17, 15) is 4.79 Å². The van der Waals surface area contributed by atoms with Crippen molar-refractivity contribution in [2.45, 2.75) is 45.6 Å². The molecular formula is C16H29N5O2. The summed E-state index contributed by atoms with van der Waals surface area (Å²) in [7, 11) is 1.87. The van der Waals surface area contributed by atoms with Gasteiger partial charge in [0.25, 0.3) is 0 Å². The molecule has 130 valence electrons. The molecule has 1 aromatic heterocycles. The summed E-state index contributed by atoms with van der Waals surface area (Å²) in [6, 6.07) is 0. The lowest BCUT2D eigenvalue weighted by Gasteiger charge is -2.34. The van der Waals surface area contributed by atoms with Crippen LogP contribution in [0.3, 0.4) is 0 Å². The van der Waals surface area contributed by atoms with Gasteiger partial charge in [0.15, 0.2) is 5.82 Å². The second-order valence-corrected chi connectivity index (χ2v) is 7.22. The van der Waals surface area contributed by atoms with Gasteiger partial charge in [0.05, 0.1) is 0 Å². The maximum atomic E-state index is 12.1. The third-order valence-corrected chi connectivity index (χ3v) is 3.78. The van der Waals surface area contributed by atoms with E-state index in [0.29, 0.717) is 5.92 Å². The van der Waals surface area contributed by atoms with Crippen molar-refractivity contribution < 1.29 is 9.53 Å². The Morgan fingerprint density at radius 1 is 1.48 bits per heavy atom. The molecule has 0 spiro atoms. The Morgan fingerprint density at radius 2 is 2.26 bits per heavy atom. The molecule has 1 aliphatic rings. The zero-order valence-corrected chi connectivity index (χ0v) is 14.7. The highest BCUT2D eigenvalue weighted by Gasteiger charge is 2.27. The van der Waals surface area contributed by atoms with Gasteiger partial charge in [0.2, 0.25) is 0 Å². The van der Waals surface area contributed by atoms with Gasteiger partial charge < -0.3 is 15.0 Å². The number of hydrogen-bond acceptors (Lipinski definition) is 5. The van der Waals surface area contributed by atoms with Crippen LogP contribution in [0.5, 0.6) is 0 Å². The van der Waals surface area contributed by atoms with Crippen LogP contribution in [0.25, 0.3) is 0 Å². The topological polar surface area (TPSA) is 72.3 Å².